The molecule has 92 valence electrons. The SMILES string of the molecule is O=C(CC1CCSCC1)NC(CO)C(=O)O. The maximum atomic E-state index is 11.5. The Kier molecular flexibility index (Phi) is 5.62. The van der Waals surface area contributed by atoms with E-state index in [9.17, 15) is 9.59 Å². The molecule has 0 aromatic heterocycles. The second-order valence-corrected chi connectivity index (χ2v) is 5.13. The molecule has 1 saturated heterocycles. The van der Waals surface area contributed by atoms with Crippen LogP contribution in [0.1, 0.15) is 19.3 Å². The maximum absolute atomic E-state index is 11.5. The van der Waals surface area contributed by atoms with E-state index in [1.165, 1.54) is 0 Å². The van der Waals surface area contributed by atoms with E-state index in [-0.39, 0.29) is 5.91 Å². The molecule has 0 spiro atoms. The highest BCUT2D eigenvalue weighted by Gasteiger charge is 2.22. The molecular weight excluding hydrogens is 230 g/mol. The van der Waals surface area contributed by atoms with E-state index in [1.54, 1.807) is 0 Å². The lowest BCUT2D eigenvalue weighted by Crippen LogP contribution is -2.43. The summed E-state index contributed by atoms with van der Waals surface area (Å²) in [5.74, 6) is 1.02. The number of carbonyl (C=O) groups excluding carboxylic acids is 1. The number of hydrogen-bond acceptors (Lipinski definition) is 4. The average molecular weight is 247 g/mol. The third kappa shape index (κ3) is 4.40. The van der Waals surface area contributed by atoms with Gasteiger partial charge in [0.05, 0.1) is 6.61 Å². The fraction of sp³-hybridized carbons (Fsp3) is 0.800. The molecule has 1 unspecified atom stereocenters. The van der Waals surface area contributed by atoms with Crippen LogP contribution in [0.4, 0.5) is 0 Å². The number of rotatable bonds is 5. The van der Waals surface area contributed by atoms with Gasteiger partial charge < -0.3 is 15.5 Å². The zero-order valence-corrected chi connectivity index (χ0v) is 9.83. The van der Waals surface area contributed by atoms with Gasteiger partial charge in [0.15, 0.2) is 0 Å². The van der Waals surface area contributed by atoms with Crippen LogP contribution in [-0.4, -0.2) is 46.2 Å². The molecule has 1 amide bonds. The smallest absolute Gasteiger partial charge is 0.328 e. The molecule has 0 bridgehead atoms. The van der Waals surface area contributed by atoms with Gasteiger partial charge in [0, 0.05) is 6.42 Å². The maximum Gasteiger partial charge on any atom is 0.328 e. The van der Waals surface area contributed by atoms with Gasteiger partial charge in [-0.15, -0.1) is 0 Å². The summed E-state index contributed by atoms with van der Waals surface area (Å²) >= 11 is 1.88. The highest BCUT2D eigenvalue weighted by Crippen LogP contribution is 2.25. The van der Waals surface area contributed by atoms with Crippen molar-refractivity contribution in [3.63, 3.8) is 0 Å². The minimum Gasteiger partial charge on any atom is -0.480 e. The molecule has 1 fully saturated rings. The van der Waals surface area contributed by atoms with E-state index < -0.39 is 18.6 Å². The summed E-state index contributed by atoms with van der Waals surface area (Å²) in [5.41, 5.74) is 0. The Labute approximate surface area is 98.6 Å². The number of hydrogen-bond donors (Lipinski definition) is 3. The summed E-state index contributed by atoms with van der Waals surface area (Å²) in [6.07, 6.45) is 2.38. The van der Waals surface area contributed by atoms with Crippen molar-refractivity contribution in [1.82, 2.24) is 5.32 Å². The first-order valence-corrected chi connectivity index (χ1v) is 6.49. The van der Waals surface area contributed by atoms with Crippen molar-refractivity contribution in [3.05, 3.63) is 0 Å². The zero-order chi connectivity index (χ0) is 12.0. The van der Waals surface area contributed by atoms with Crippen molar-refractivity contribution in [2.75, 3.05) is 18.1 Å². The lowest BCUT2D eigenvalue weighted by atomic mass is 9.98. The molecular formula is C10H17NO4S. The predicted octanol–water partition coefficient (Wildman–Crippen LogP) is 0.0814. The first kappa shape index (κ1) is 13.3. The van der Waals surface area contributed by atoms with Crippen LogP contribution in [-0.2, 0) is 9.59 Å². The highest BCUT2D eigenvalue weighted by atomic mass is 32.2. The second-order valence-electron chi connectivity index (χ2n) is 3.90. The van der Waals surface area contributed by atoms with Crippen LogP contribution in [0.3, 0.4) is 0 Å². The quantitative estimate of drug-likeness (QED) is 0.640. The van der Waals surface area contributed by atoms with Crippen molar-refractivity contribution in [3.8, 4) is 0 Å². The van der Waals surface area contributed by atoms with Gasteiger partial charge in [-0.3, -0.25) is 4.79 Å². The molecule has 16 heavy (non-hydrogen) atoms. The summed E-state index contributed by atoms with van der Waals surface area (Å²) in [7, 11) is 0. The standard InChI is InChI=1S/C10H17NO4S/c12-6-8(10(14)15)11-9(13)5-7-1-3-16-4-2-7/h7-8,12H,1-6H2,(H,11,13)(H,14,15). The number of carbonyl (C=O) groups is 2. The summed E-state index contributed by atoms with van der Waals surface area (Å²) in [6, 6.07) is -1.18. The van der Waals surface area contributed by atoms with Gasteiger partial charge in [0.1, 0.15) is 6.04 Å². The lowest BCUT2D eigenvalue weighted by Gasteiger charge is -2.21. The Balaban J connectivity index is 2.31. The van der Waals surface area contributed by atoms with Gasteiger partial charge in [-0.05, 0) is 30.3 Å². The van der Waals surface area contributed by atoms with Crippen LogP contribution in [0.5, 0.6) is 0 Å². The molecule has 0 aliphatic carbocycles. The monoisotopic (exact) mass is 247 g/mol. The molecule has 1 atom stereocenters. The first-order chi connectivity index (χ1) is 7.63. The van der Waals surface area contributed by atoms with Gasteiger partial charge >= 0.3 is 5.97 Å². The molecule has 0 aromatic carbocycles. The van der Waals surface area contributed by atoms with Crippen LogP contribution in [0.25, 0.3) is 0 Å². The summed E-state index contributed by atoms with van der Waals surface area (Å²) < 4.78 is 0. The molecule has 1 aliphatic heterocycles. The minimum atomic E-state index is -1.20. The fourth-order valence-electron chi connectivity index (χ4n) is 1.65. The lowest BCUT2D eigenvalue weighted by molar-refractivity contribution is -0.143. The molecule has 0 radical (unpaired) electrons. The number of amides is 1. The summed E-state index contributed by atoms with van der Waals surface area (Å²) in [5, 5.41) is 19.7. The normalized spacial score (nSPS) is 19.1. The van der Waals surface area contributed by atoms with E-state index in [1.807, 2.05) is 11.8 Å². The molecule has 5 nitrogen and oxygen atoms in total. The Hall–Kier alpha value is -0.750. The van der Waals surface area contributed by atoms with Crippen molar-refractivity contribution in [2.24, 2.45) is 5.92 Å². The number of aliphatic hydroxyl groups is 1. The summed E-state index contributed by atoms with van der Waals surface area (Å²) in [4.78, 5) is 22.1. The third-order valence-corrected chi connectivity index (χ3v) is 3.68. The molecule has 3 N–H and O–H groups in total. The van der Waals surface area contributed by atoms with Gasteiger partial charge in [-0.2, -0.15) is 11.8 Å². The number of aliphatic carboxylic acids is 1. The van der Waals surface area contributed by atoms with E-state index >= 15 is 0 Å². The Bertz CT molecular complexity index is 253. The molecule has 1 rings (SSSR count). The molecule has 6 heteroatoms. The highest BCUT2D eigenvalue weighted by molar-refractivity contribution is 7.99. The van der Waals surface area contributed by atoms with E-state index in [4.69, 9.17) is 10.2 Å². The summed E-state index contributed by atoms with van der Waals surface area (Å²) in [6.45, 7) is -0.568. The number of aliphatic hydroxyl groups excluding tert-OH is 1. The van der Waals surface area contributed by atoms with Crippen LogP contribution >= 0.6 is 11.8 Å². The van der Waals surface area contributed by atoms with Gasteiger partial charge in [0.25, 0.3) is 0 Å². The second kappa shape index (κ2) is 6.75. The Morgan fingerprint density at radius 3 is 2.50 bits per heavy atom. The Morgan fingerprint density at radius 2 is 2.00 bits per heavy atom. The predicted molar refractivity (Wildman–Crippen MR) is 61.3 cm³/mol. The van der Waals surface area contributed by atoms with Gasteiger partial charge in [-0.1, -0.05) is 0 Å². The van der Waals surface area contributed by atoms with Crippen LogP contribution in [0, 0.1) is 5.92 Å². The third-order valence-electron chi connectivity index (χ3n) is 2.63. The topological polar surface area (TPSA) is 86.6 Å². The molecule has 0 aromatic rings. The average Bonchev–Trinajstić information content (AvgIpc) is 2.27. The van der Waals surface area contributed by atoms with Crippen molar-refractivity contribution in [1.29, 1.82) is 0 Å². The van der Waals surface area contributed by atoms with Crippen molar-refractivity contribution < 1.29 is 19.8 Å². The molecule has 0 saturated carbocycles. The molecule has 1 heterocycles. The van der Waals surface area contributed by atoms with Gasteiger partial charge in [-0.25, -0.2) is 4.79 Å². The number of nitrogens with one attached hydrogen (secondary N) is 1. The number of thioether (sulfide) groups is 1. The van der Waals surface area contributed by atoms with Crippen LogP contribution in [0.2, 0.25) is 0 Å². The van der Waals surface area contributed by atoms with E-state index in [0.29, 0.717) is 12.3 Å². The first-order valence-electron chi connectivity index (χ1n) is 5.34. The minimum absolute atomic E-state index is 0.279. The number of carboxylic acids is 1. The van der Waals surface area contributed by atoms with Crippen molar-refractivity contribution in [2.45, 2.75) is 25.3 Å². The van der Waals surface area contributed by atoms with E-state index in [0.717, 1.165) is 24.3 Å². The zero-order valence-electron chi connectivity index (χ0n) is 9.02. The Morgan fingerprint density at radius 1 is 1.38 bits per heavy atom. The largest absolute Gasteiger partial charge is 0.480 e. The van der Waals surface area contributed by atoms with Crippen LogP contribution in [0.15, 0.2) is 0 Å². The van der Waals surface area contributed by atoms with Gasteiger partial charge in [0.2, 0.25) is 5.91 Å². The fourth-order valence-corrected chi connectivity index (χ4v) is 2.86. The van der Waals surface area contributed by atoms with Crippen LogP contribution < -0.4 is 5.32 Å². The van der Waals surface area contributed by atoms with E-state index in [2.05, 4.69) is 5.32 Å². The number of carboxylic acid groups (broad SMARTS) is 1. The van der Waals surface area contributed by atoms with Crippen molar-refractivity contribution >= 4 is 23.6 Å². The molecule has 1 aliphatic rings.